The lowest BCUT2D eigenvalue weighted by Gasteiger charge is -2.16. The third-order valence-electron chi connectivity index (χ3n) is 4.77. The van der Waals surface area contributed by atoms with E-state index in [0.29, 0.717) is 36.1 Å². The summed E-state index contributed by atoms with van der Waals surface area (Å²) < 4.78 is 2.65. The van der Waals surface area contributed by atoms with E-state index in [9.17, 15) is 9.59 Å². The van der Waals surface area contributed by atoms with Crippen LogP contribution >= 0.6 is 11.3 Å². The number of rotatable bonds is 5. The predicted octanol–water partition coefficient (Wildman–Crippen LogP) is 3.13. The van der Waals surface area contributed by atoms with E-state index in [1.165, 1.54) is 4.57 Å². The van der Waals surface area contributed by atoms with Gasteiger partial charge in [0.2, 0.25) is 5.91 Å². The van der Waals surface area contributed by atoms with Crippen LogP contribution < -0.4 is 5.56 Å². The van der Waals surface area contributed by atoms with Crippen molar-refractivity contribution >= 4 is 38.4 Å². The highest BCUT2D eigenvalue weighted by Gasteiger charge is 2.14. The first-order valence-electron chi connectivity index (χ1n) is 9.06. The zero-order valence-corrected chi connectivity index (χ0v) is 16.6. The number of thiazole rings is 1. The fourth-order valence-electron chi connectivity index (χ4n) is 3.18. The van der Waals surface area contributed by atoms with Gasteiger partial charge in [0.15, 0.2) is 0 Å². The lowest BCUT2D eigenvalue weighted by Crippen LogP contribution is -2.28. The average molecular weight is 392 g/mol. The van der Waals surface area contributed by atoms with Crippen molar-refractivity contribution in [3.63, 3.8) is 0 Å². The second kappa shape index (κ2) is 7.52. The smallest absolute Gasteiger partial charge is 0.261 e. The number of para-hydroxylation sites is 2. The van der Waals surface area contributed by atoms with E-state index < -0.39 is 0 Å². The van der Waals surface area contributed by atoms with Gasteiger partial charge < -0.3 is 4.90 Å². The summed E-state index contributed by atoms with van der Waals surface area (Å²) in [7, 11) is 3.48. The maximum Gasteiger partial charge on any atom is 0.261 e. The summed E-state index contributed by atoms with van der Waals surface area (Å²) >= 11 is 1.60. The topological polar surface area (TPSA) is 68.1 Å². The van der Waals surface area contributed by atoms with Crippen LogP contribution in [0.1, 0.15) is 17.3 Å². The Hall–Kier alpha value is -3.06. The highest BCUT2D eigenvalue weighted by Crippen LogP contribution is 2.22. The average Bonchev–Trinajstić information content (AvgIpc) is 3.11. The second-order valence-corrected chi connectivity index (χ2v) is 7.85. The minimum absolute atomic E-state index is 0.00154. The summed E-state index contributed by atoms with van der Waals surface area (Å²) in [5, 5.41) is 1.50. The molecular formula is C21H20N4O2S. The zero-order chi connectivity index (χ0) is 19.7. The van der Waals surface area contributed by atoms with Crippen molar-refractivity contribution in [1.82, 2.24) is 19.4 Å². The summed E-state index contributed by atoms with van der Waals surface area (Å²) in [6.07, 6.45) is 0.708. The number of aromatic nitrogens is 3. The van der Waals surface area contributed by atoms with E-state index in [1.54, 1.807) is 36.4 Å². The molecule has 0 aliphatic heterocycles. The van der Waals surface area contributed by atoms with E-state index in [0.717, 1.165) is 15.2 Å². The minimum Gasteiger partial charge on any atom is -0.339 e. The SMILES string of the molecule is CN(Cc1nc2ccccc2s1)C(=O)CCc1nc2ccccc2c(=O)n1C. The molecule has 0 spiro atoms. The Morgan fingerprint density at radius 2 is 1.79 bits per heavy atom. The Kier molecular flexibility index (Phi) is 4.92. The number of aryl methyl sites for hydroxylation is 1. The van der Waals surface area contributed by atoms with Crippen LogP contribution in [-0.4, -0.2) is 32.4 Å². The van der Waals surface area contributed by atoms with Gasteiger partial charge in [0.05, 0.1) is 27.7 Å². The molecule has 28 heavy (non-hydrogen) atoms. The molecule has 0 saturated carbocycles. The molecule has 7 heteroatoms. The first-order valence-corrected chi connectivity index (χ1v) is 9.87. The molecule has 0 N–H and O–H groups in total. The molecule has 0 fully saturated rings. The van der Waals surface area contributed by atoms with Crippen LogP contribution in [0.2, 0.25) is 0 Å². The zero-order valence-electron chi connectivity index (χ0n) is 15.8. The Balaban J connectivity index is 1.45. The first kappa shape index (κ1) is 18.3. The minimum atomic E-state index is -0.0871. The highest BCUT2D eigenvalue weighted by molar-refractivity contribution is 7.18. The van der Waals surface area contributed by atoms with Crippen LogP contribution in [0.4, 0.5) is 0 Å². The van der Waals surface area contributed by atoms with E-state index in [-0.39, 0.29) is 11.5 Å². The molecule has 0 aliphatic carbocycles. The lowest BCUT2D eigenvalue weighted by atomic mass is 10.2. The normalized spacial score (nSPS) is 11.2. The molecule has 0 aliphatic rings. The van der Waals surface area contributed by atoms with Crippen molar-refractivity contribution in [3.8, 4) is 0 Å². The molecule has 0 bridgehead atoms. The molecule has 4 aromatic rings. The van der Waals surface area contributed by atoms with Crippen molar-refractivity contribution in [2.24, 2.45) is 7.05 Å². The quantitative estimate of drug-likeness (QED) is 0.523. The summed E-state index contributed by atoms with van der Waals surface area (Å²) in [4.78, 5) is 35.9. The van der Waals surface area contributed by atoms with Gasteiger partial charge in [-0.25, -0.2) is 9.97 Å². The van der Waals surface area contributed by atoms with Crippen LogP contribution in [0.15, 0.2) is 53.3 Å². The van der Waals surface area contributed by atoms with Gasteiger partial charge in [0.1, 0.15) is 10.8 Å². The van der Waals surface area contributed by atoms with Gasteiger partial charge in [-0.05, 0) is 24.3 Å². The fraction of sp³-hybridized carbons (Fsp3) is 0.238. The number of hydrogen-bond donors (Lipinski definition) is 0. The molecule has 142 valence electrons. The van der Waals surface area contributed by atoms with Crippen molar-refractivity contribution in [1.29, 1.82) is 0 Å². The van der Waals surface area contributed by atoms with Crippen LogP contribution in [0, 0.1) is 0 Å². The van der Waals surface area contributed by atoms with Gasteiger partial charge in [-0.2, -0.15) is 0 Å². The maximum atomic E-state index is 12.6. The van der Waals surface area contributed by atoms with Crippen molar-refractivity contribution in [2.45, 2.75) is 19.4 Å². The van der Waals surface area contributed by atoms with Gasteiger partial charge in [-0.3, -0.25) is 14.2 Å². The van der Waals surface area contributed by atoms with Crippen LogP contribution in [0.5, 0.6) is 0 Å². The summed E-state index contributed by atoms with van der Waals surface area (Å²) in [6, 6.07) is 15.2. The molecule has 0 saturated heterocycles. The molecule has 2 aromatic heterocycles. The van der Waals surface area contributed by atoms with E-state index in [4.69, 9.17) is 0 Å². The summed E-state index contributed by atoms with van der Waals surface area (Å²) in [6.45, 7) is 0.474. The predicted molar refractivity (Wildman–Crippen MR) is 111 cm³/mol. The monoisotopic (exact) mass is 392 g/mol. The number of hydrogen-bond acceptors (Lipinski definition) is 5. The van der Waals surface area contributed by atoms with Crippen molar-refractivity contribution in [3.05, 3.63) is 69.7 Å². The molecule has 2 aromatic carbocycles. The maximum absolute atomic E-state index is 12.6. The molecule has 0 radical (unpaired) electrons. The summed E-state index contributed by atoms with van der Waals surface area (Å²) in [5.41, 5.74) is 1.53. The standard InChI is InChI=1S/C21H20N4O2S/c1-24(13-19-23-16-9-5-6-10-17(16)28-19)20(26)12-11-18-22-15-8-4-3-7-14(15)21(27)25(18)2/h3-10H,11-13H2,1-2H3. The highest BCUT2D eigenvalue weighted by atomic mass is 32.1. The molecule has 2 heterocycles. The molecule has 1 amide bonds. The number of carbonyl (C=O) groups excluding carboxylic acids is 1. The number of carbonyl (C=O) groups is 1. The third-order valence-corrected chi connectivity index (χ3v) is 5.80. The van der Waals surface area contributed by atoms with Crippen LogP contribution in [0.3, 0.4) is 0 Å². The Morgan fingerprint density at radius 3 is 2.57 bits per heavy atom. The van der Waals surface area contributed by atoms with E-state index >= 15 is 0 Å². The van der Waals surface area contributed by atoms with Crippen LogP contribution in [0.25, 0.3) is 21.1 Å². The van der Waals surface area contributed by atoms with Crippen LogP contribution in [-0.2, 0) is 24.8 Å². The largest absolute Gasteiger partial charge is 0.339 e. The van der Waals surface area contributed by atoms with Gasteiger partial charge in [0.25, 0.3) is 5.56 Å². The molecule has 0 atom stereocenters. The Morgan fingerprint density at radius 1 is 1.07 bits per heavy atom. The lowest BCUT2D eigenvalue weighted by molar-refractivity contribution is -0.130. The third kappa shape index (κ3) is 3.53. The van der Waals surface area contributed by atoms with Crippen molar-refractivity contribution in [2.75, 3.05) is 7.05 Å². The number of benzene rings is 2. The molecular weight excluding hydrogens is 372 g/mol. The number of amides is 1. The van der Waals surface area contributed by atoms with E-state index in [2.05, 4.69) is 9.97 Å². The van der Waals surface area contributed by atoms with Gasteiger partial charge >= 0.3 is 0 Å². The Bertz CT molecular complexity index is 1200. The molecule has 0 unspecified atom stereocenters. The number of fused-ring (bicyclic) bond motifs is 2. The molecule has 4 rings (SSSR count). The fourth-order valence-corrected chi connectivity index (χ4v) is 4.20. The summed E-state index contributed by atoms with van der Waals surface area (Å²) in [5.74, 6) is 0.618. The van der Waals surface area contributed by atoms with Gasteiger partial charge in [-0.1, -0.05) is 24.3 Å². The first-order chi connectivity index (χ1) is 13.5. The van der Waals surface area contributed by atoms with E-state index in [1.807, 2.05) is 42.5 Å². The molecule has 6 nitrogen and oxygen atoms in total. The van der Waals surface area contributed by atoms with Crippen molar-refractivity contribution < 1.29 is 4.79 Å². The van der Waals surface area contributed by atoms with Gasteiger partial charge in [-0.15, -0.1) is 11.3 Å². The Labute approximate surface area is 166 Å². The number of nitrogens with zero attached hydrogens (tertiary/aromatic N) is 4. The van der Waals surface area contributed by atoms with Gasteiger partial charge in [0, 0.05) is 26.9 Å². The second-order valence-electron chi connectivity index (χ2n) is 6.73.